The Morgan fingerprint density at radius 2 is 1.48 bits per heavy atom. The third-order valence-electron chi connectivity index (χ3n) is 4.25. The Morgan fingerprint density at radius 1 is 0.905 bits per heavy atom. The van der Waals surface area contributed by atoms with Crippen LogP contribution in [0.25, 0.3) is 0 Å². The molecule has 0 spiro atoms. The van der Waals surface area contributed by atoms with Crippen molar-refractivity contribution in [3.63, 3.8) is 0 Å². The van der Waals surface area contributed by atoms with Gasteiger partial charge < -0.3 is 14.4 Å². The molecule has 2 atom stereocenters. The second-order valence-corrected chi connectivity index (χ2v) is 6.38. The fourth-order valence-electron chi connectivity index (χ4n) is 2.90. The summed E-state index contributed by atoms with van der Waals surface area (Å²) in [6, 6.07) is 0. The molecule has 0 bridgehead atoms. The van der Waals surface area contributed by atoms with E-state index < -0.39 is 0 Å². The van der Waals surface area contributed by atoms with Crippen LogP contribution in [-0.2, 0) is 14.3 Å². The first-order valence-electron chi connectivity index (χ1n) is 8.24. The van der Waals surface area contributed by atoms with Gasteiger partial charge >= 0.3 is 12.1 Å². The van der Waals surface area contributed by atoms with Gasteiger partial charge in [0.1, 0.15) is 12.2 Å². The molecule has 2 rings (SSSR count). The zero-order chi connectivity index (χ0) is 15.2. The van der Waals surface area contributed by atoms with Crippen LogP contribution in [0.5, 0.6) is 0 Å². The fraction of sp³-hybridized carbons (Fsp3) is 0.875. The normalized spacial score (nSPS) is 26.5. The minimum Gasteiger partial charge on any atom is -0.458 e. The first-order chi connectivity index (χ1) is 10.1. The molecule has 21 heavy (non-hydrogen) atoms. The van der Waals surface area contributed by atoms with Crippen molar-refractivity contribution in [1.29, 1.82) is 0 Å². The minimum absolute atomic E-state index is 0.150. The third kappa shape index (κ3) is 4.61. The van der Waals surface area contributed by atoms with Gasteiger partial charge in [0, 0.05) is 13.1 Å². The Labute approximate surface area is 127 Å². The molecule has 0 radical (unpaired) electrons. The standard InChI is InChI=1S/C16H27NO4/c1-12(2)15(18)20-13-8-4-3-5-9-14(13)21-16(19)17-10-6-7-11-17/h12-14H,3-11H2,1-2H3/t13-,14+/m0/s1. The monoisotopic (exact) mass is 297 g/mol. The molecule has 1 aliphatic carbocycles. The SMILES string of the molecule is CC(C)C(=O)O[C@H]1CCCCC[C@H]1OC(=O)N1CCCC1. The second kappa shape index (κ2) is 7.66. The summed E-state index contributed by atoms with van der Waals surface area (Å²) in [6.07, 6.45) is 6.00. The fourth-order valence-corrected chi connectivity index (χ4v) is 2.90. The number of likely N-dealkylation sites (tertiary alicyclic amines) is 1. The Hall–Kier alpha value is -1.26. The predicted octanol–water partition coefficient (Wildman–Crippen LogP) is 3.12. The molecule has 5 nitrogen and oxygen atoms in total. The van der Waals surface area contributed by atoms with Crippen molar-refractivity contribution in [3.05, 3.63) is 0 Å². The smallest absolute Gasteiger partial charge is 0.410 e. The van der Waals surface area contributed by atoms with E-state index in [0.717, 1.165) is 58.0 Å². The lowest BCUT2D eigenvalue weighted by molar-refractivity contribution is -0.159. The molecule has 120 valence electrons. The molecule has 2 fully saturated rings. The van der Waals surface area contributed by atoms with Crippen LogP contribution >= 0.6 is 0 Å². The van der Waals surface area contributed by atoms with E-state index in [9.17, 15) is 9.59 Å². The van der Waals surface area contributed by atoms with E-state index in [-0.39, 0.29) is 30.2 Å². The van der Waals surface area contributed by atoms with Crippen molar-refractivity contribution in [2.45, 2.75) is 71.0 Å². The van der Waals surface area contributed by atoms with Gasteiger partial charge in [-0.3, -0.25) is 4.79 Å². The summed E-state index contributed by atoms with van der Waals surface area (Å²) >= 11 is 0. The Balaban J connectivity index is 1.94. The third-order valence-corrected chi connectivity index (χ3v) is 4.25. The molecule has 1 heterocycles. The number of hydrogen-bond donors (Lipinski definition) is 0. The van der Waals surface area contributed by atoms with Crippen LogP contribution in [-0.4, -0.2) is 42.3 Å². The molecule has 1 saturated heterocycles. The van der Waals surface area contributed by atoms with Gasteiger partial charge in [-0.1, -0.05) is 20.3 Å². The molecule has 0 aromatic rings. The van der Waals surface area contributed by atoms with Gasteiger partial charge in [-0.15, -0.1) is 0 Å². The highest BCUT2D eigenvalue weighted by atomic mass is 16.6. The summed E-state index contributed by atoms with van der Waals surface area (Å²) in [4.78, 5) is 25.7. The van der Waals surface area contributed by atoms with Gasteiger partial charge in [0.2, 0.25) is 0 Å². The maximum absolute atomic E-state index is 12.2. The summed E-state index contributed by atoms with van der Waals surface area (Å²) in [5.41, 5.74) is 0. The lowest BCUT2D eigenvalue weighted by atomic mass is 10.1. The number of carbonyl (C=O) groups is 2. The molecule has 0 aromatic heterocycles. The average molecular weight is 297 g/mol. The number of esters is 1. The van der Waals surface area contributed by atoms with E-state index in [4.69, 9.17) is 9.47 Å². The number of carbonyl (C=O) groups excluding carboxylic acids is 2. The number of hydrogen-bond acceptors (Lipinski definition) is 4. The maximum Gasteiger partial charge on any atom is 0.410 e. The van der Waals surface area contributed by atoms with Crippen molar-refractivity contribution in [2.75, 3.05) is 13.1 Å². The summed E-state index contributed by atoms with van der Waals surface area (Å²) < 4.78 is 11.2. The molecule has 0 aromatic carbocycles. The molecule has 2 aliphatic rings. The predicted molar refractivity (Wildman–Crippen MR) is 78.9 cm³/mol. The molecular formula is C16H27NO4. The van der Waals surface area contributed by atoms with E-state index in [1.807, 2.05) is 13.8 Å². The zero-order valence-corrected chi connectivity index (χ0v) is 13.2. The van der Waals surface area contributed by atoms with Gasteiger partial charge in [0.25, 0.3) is 0 Å². The van der Waals surface area contributed by atoms with Gasteiger partial charge in [0.15, 0.2) is 0 Å². The van der Waals surface area contributed by atoms with Gasteiger partial charge in [-0.25, -0.2) is 4.79 Å². The first-order valence-corrected chi connectivity index (χ1v) is 8.24. The number of amides is 1. The van der Waals surface area contributed by atoms with Crippen LogP contribution in [0, 0.1) is 5.92 Å². The van der Waals surface area contributed by atoms with Crippen LogP contribution < -0.4 is 0 Å². The molecule has 5 heteroatoms. The molecule has 1 amide bonds. The first kappa shape index (κ1) is 16.1. The lowest BCUT2D eigenvalue weighted by Crippen LogP contribution is -2.39. The van der Waals surface area contributed by atoms with E-state index in [1.54, 1.807) is 4.90 Å². The maximum atomic E-state index is 12.2. The summed E-state index contributed by atoms with van der Waals surface area (Å²) in [5.74, 6) is -0.354. The van der Waals surface area contributed by atoms with Crippen LogP contribution in [0.2, 0.25) is 0 Å². The molecule has 0 N–H and O–H groups in total. The highest BCUT2D eigenvalue weighted by molar-refractivity contribution is 5.72. The van der Waals surface area contributed by atoms with E-state index in [2.05, 4.69) is 0 Å². The molecular weight excluding hydrogens is 270 g/mol. The Bertz CT molecular complexity index is 363. The Kier molecular flexibility index (Phi) is 5.88. The zero-order valence-electron chi connectivity index (χ0n) is 13.2. The lowest BCUT2D eigenvalue weighted by Gasteiger charge is -2.27. The van der Waals surface area contributed by atoms with Crippen molar-refractivity contribution >= 4 is 12.1 Å². The summed E-state index contributed by atoms with van der Waals surface area (Å²) in [5, 5.41) is 0. The van der Waals surface area contributed by atoms with E-state index in [0.29, 0.717) is 0 Å². The van der Waals surface area contributed by atoms with Crippen molar-refractivity contribution in [3.8, 4) is 0 Å². The highest BCUT2D eigenvalue weighted by Gasteiger charge is 2.32. The van der Waals surface area contributed by atoms with Gasteiger partial charge in [0.05, 0.1) is 5.92 Å². The minimum atomic E-state index is -0.289. The summed E-state index contributed by atoms with van der Waals surface area (Å²) in [7, 11) is 0. The average Bonchev–Trinajstić information content (AvgIpc) is 2.90. The number of nitrogens with zero attached hydrogens (tertiary/aromatic N) is 1. The van der Waals surface area contributed by atoms with Gasteiger partial charge in [-0.2, -0.15) is 0 Å². The van der Waals surface area contributed by atoms with Crippen LogP contribution in [0.3, 0.4) is 0 Å². The van der Waals surface area contributed by atoms with Crippen LogP contribution in [0.4, 0.5) is 4.79 Å². The van der Waals surface area contributed by atoms with E-state index >= 15 is 0 Å². The highest BCUT2D eigenvalue weighted by Crippen LogP contribution is 2.25. The van der Waals surface area contributed by atoms with Crippen LogP contribution in [0.1, 0.15) is 58.8 Å². The molecule has 1 aliphatic heterocycles. The Morgan fingerprint density at radius 3 is 2.05 bits per heavy atom. The quantitative estimate of drug-likeness (QED) is 0.593. The van der Waals surface area contributed by atoms with Crippen molar-refractivity contribution < 1.29 is 19.1 Å². The second-order valence-electron chi connectivity index (χ2n) is 6.38. The topological polar surface area (TPSA) is 55.8 Å². The van der Waals surface area contributed by atoms with Crippen molar-refractivity contribution in [2.24, 2.45) is 5.92 Å². The van der Waals surface area contributed by atoms with E-state index in [1.165, 1.54) is 0 Å². The number of ether oxygens (including phenoxy) is 2. The molecule has 1 saturated carbocycles. The van der Waals surface area contributed by atoms with Crippen LogP contribution in [0.15, 0.2) is 0 Å². The number of rotatable bonds is 3. The summed E-state index contributed by atoms with van der Waals surface area (Å²) in [6.45, 7) is 5.21. The van der Waals surface area contributed by atoms with Gasteiger partial charge in [-0.05, 0) is 38.5 Å². The largest absolute Gasteiger partial charge is 0.458 e. The molecule has 0 unspecified atom stereocenters. The van der Waals surface area contributed by atoms with Crippen molar-refractivity contribution in [1.82, 2.24) is 4.90 Å².